The second-order valence-corrected chi connectivity index (χ2v) is 5.72. The van der Waals surface area contributed by atoms with Crippen LogP contribution in [0.25, 0.3) is 0 Å². The van der Waals surface area contributed by atoms with E-state index in [1.54, 1.807) is 0 Å². The first-order valence-electron chi connectivity index (χ1n) is 8.08. The van der Waals surface area contributed by atoms with E-state index in [2.05, 4.69) is 9.47 Å². The lowest BCUT2D eigenvalue weighted by Gasteiger charge is -2.09. The van der Waals surface area contributed by atoms with Crippen LogP contribution in [0.3, 0.4) is 0 Å². The van der Waals surface area contributed by atoms with E-state index in [0.29, 0.717) is 0 Å². The van der Waals surface area contributed by atoms with Gasteiger partial charge in [0.1, 0.15) is 0 Å². The Hall–Kier alpha value is -4.74. The molecule has 12 nitrogen and oxygen atoms in total. The first kappa shape index (κ1) is 22.5. The number of carboxylic acids is 4. The van der Waals surface area contributed by atoms with Gasteiger partial charge in [-0.2, -0.15) is 0 Å². The van der Waals surface area contributed by atoms with E-state index in [9.17, 15) is 28.8 Å². The van der Waals surface area contributed by atoms with Crippen LogP contribution in [-0.2, 0) is 9.47 Å². The number of benzene rings is 2. The maximum atomic E-state index is 12.0. The van der Waals surface area contributed by atoms with Crippen LogP contribution >= 0.6 is 0 Å². The Morgan fingerprint density at radius 2 is 0.871 bits per heavy atom. The van der Waals surface area contributed by atoms with Gasteiger partial charge in [0.2, 0.25) is 6.79 Å². The maximum absolute atomic E-state index is 12.0. The fraction of sp³-hybridized carbons (Fsp3) is 0.0526. The average Bonchev–Trinajstić information content (AvgIpc) is 2.72. The predicted octanol–water partition coefficient (Wildman–Crippen LogP) is 1.45. The number of rotatable bonds is 8. The van der Waals surface area contributed by atoms with Gasteiger partial charge in [-0.3, -0.25) is 0 Å². The molecule has 0 unspecified atom stereocenters. The molecule has 0 aliphatic carbocycles. The van der Waals surface area contributed by atoms with Gasteiger partial charge in [-0.15, -0.1) is 0 Å². The average molecular weight is 432 g/mol. The number of hydrogen-bond acceptors (Lipinski definition) is 8. The molecule has 31 heavy (non-hydrogen) atoms. The van der Waals surface area contributed by atoms with Crippen LogP contribution in [0.2, 0.25) is 0 Å². The number of hydrogen-bond donors (Lipinski definition) is 4. The molecular formula is C19H12O12. The summed E-state index contributed by atoms with van der Waals surface area (Å²) >= 11 is 0. The summed E-state index contributed by atoms with van der Waals surface area (Å²) in [6.45, 7) is -0.941. The highest BCUT2D eigenvalue weighted by Crippen LogP contribution is 2.15. The van der Waals surface area contributed by atoms with Gasteiger partial charge in [0, 0.05) is 0 Å². The van der Waals surface area contributed by atoms with Crippen molar-refractivity contribution in [2.24, 2.45) is 0 Å². The van der Waals surface area contributed by atoms with Crippen LogP contribution in [-0.4, -0.2) is 63.0 Å². The number of carbonyl (C=O) groups is 6. The number of ether oxygens (including phenoxy) is 2. The molecule has 12 heteroatoms. The standard InChI is InChI=1S/C19H12O12/c20-14(21)10-3-1-8(5-12(10)16(24)25)18(28)30-7-31-19(29)9-2-4-11(15(22)23)13(6-9)17(26)27/h1-6H,7H2,(H,20,21)(H,22,23)(H,24,25)(H,26,27). The summed E-state index contributed by atoms with van der Waals surface area (Å²) in [5.41, 5.74) is -3.05. The highest BCUT2D eigenvalue weighted by molar-refractivity contribution is 6.05. The number of carbonyl (C=O) groups excluding carboxylic acids is 2. The second-order valence-electron chi connectivity index (χ2n) is 5.72. The third-order valence-corrected chi connectivity index (χ3v) is 3.81. The van der Waals surface area contributed by atoms with Crippen molar-refractivity contribution in [1.29, 1.82) is 0 Å². The monoisotopic (exact) mass is 432 g/mol. The number of esters is 2. The molecule has 0 amide bonds. The predicted molar refractivity (Wildman–Crippen MR) is 96.4 cm³/mol. The van der Waals surface area contributed by atoms with E-state index in [1.165, 1.54) is 0 Å². The maximum Gasteiger partial charge on any atom is 0.341 e. The summed E-state index contributed by atoms with van der Waals surface area (Å²) in [7, 11) is 0. The summed E-state index contributed by atoms with van der Waals surface area (Å²) in [5.74, 6) is -8.45. The molecule has 0 heterocycles. The van der Waals surface area contributed by atoms with Gasteiger partial charge >= 0.3 is 35.8 Å². The van der Waals surface area contributed by atoms with Gasteiger partial charge in [-0.1, -0.05) is 0 Å². The van der Waals surface area contributed by atoms with Crippen LogP contribution in [0.15, 0.2) is 36.4 Å². The first-order chi connectivity index (χ1) is 14.5. The molecule has 0 saturated heterocycles. The minimum Gasteiger partial charge on any atom is -0.478 e. The molecule has 4 N–H and O–H groups in total. The highest BCUT2D eigenvalue weighted by Gasteiger charge is 2.21. The van der Waals surface area contributed by atoms with E-state index >= 15 is 0 Å². The zero-order chi connectivity index (χ0) is 23.3. The third kappa shape index (κ3) is 5.20. The smallest absolute Gasteiger partial charge is 0.341 e. The molecule has 0 saturated carbocycles. The summed E-state index contributed by atoms with van der Waals surface area (Å²) in [4.78, 5) is 68.3. The molecule has 0 bridgehead atoms. The van der Waals surface area contributed by atoms with Gasteiger partial charge in [0.25, 0.3) is 0 Å². The normalized spacial score (nSPS) is 10.1. The Morgan fingerprint density at radius 1 is 0.548 bits per heavy atom. The van der Waals surface area contributed by atoms with Crippen molar-refractivity contribution in [3.63, 3.8) is 0 Å². The van der Waals surface area contributed by atoms with Crippen molar-refractivity contribution in [3.8, 4) is 0 Å². The van der Waals surface area contributed by atoms with Gasteiger partial charge in [-0.05, 0) is 36.4 Å². The largest absolute Gasteiger partial charge is 0.478 e. The van der Waals surface area contributed by atoms with Gasteiger partial charge < -0.3 is 29.9 Å². The Bertz CT molecular complexity index is 1030. The molecule has 0 aromatic heterocycles. The lowest BCUT2D eigenvalue weighted by Crippen LogP contribution is -2.16. The zero-order valence-corrected chi connectivity index (χ0v) is 15.2. The van der Waals surface area contributed by atoms with Crippen molar-refractivity contribution in [3.05, 3.63) is 69.8 Å². The SMILES string of the molecule is O=C(OCOC(=O)c1ccc(C(=O)O)c(C(=O)O)c1)c1ccc(C(=O)O)c(C(=O)O)c1. The third-order valence-electron chi connectivity index (χ3n) is 3.81. The molecule has 0 aliphatic rings. The van der Waals surface area contributed by atoms with Crippen molar-refractivity contribution in [2.45, 2.75) is 0 Å². The Morgan fingerprint density at radius 3 is 1.16 bits per heavy atom. The van der Waals surface area contributed by atoms with Gasteiger partial charge in [-0.25, -0.2) is 28.8 Å². The Labute approximate surface area is 171 Å². The van der Waals surface area contributed by atoms with Crippen molar-refractivity contribution in [1.82, 2.24) is 0 Å². The molecule has 2 aromatic carbocycles. The molecule has 0 atom stereocenters. The highest BCUT2D eigenvalue weighted by atomic mass is 16.7. The summed E-state index contributed by atoms with van der Waals surface area (Å²) in [6, 6.07) is 5.35. The second kappa shape index (κ2) is 9.17. The van der Waals surface area contributed by atoms with E-state index in [-0.39, 0.29) is 11.1 Å². The van der Waals surface area contributed by atoms with E-state index < -0.39 is 64.9 Å². The fourth-order valence-electron chi connectivity index (χ4n) is 2.37. The first-order valence-corrected chi connectivity index (χ1v) is 8.08. The van der Waals surface area contributed by atoms with Crippen LogP contribution in [0, 0.1) is 0 Å². The van der Waals surface area contributed by atoms with Crippen LogP contribution < -0.4 is 0 Å². The topological polar surface area (TPSA) is 202 Å². The van der Waals surface area contributed by atoms with E-state index in [4.69, 9.17) is 20.4 Å². The molecule has 0 fully saturated rings. The Balaban J connectivity index is 2.08. The zero-order valence-electron chi connectivity index (χ0n) is 15.2. The summed E-state index contributed by atoms with van der Waals surface area (Å²) in [5, 5.41) is 36.0. The summed E-state index contributed by atoms with van der Waals surface area (Å²) < 4.78 is 9.32. The Kier molecular flexibility index (Phi) is 6.67. The van der Waals surface area contributed by atoms with Crippen molar-refractivity contribution < 1.29 is 58.7 Å². The summed E-state index contributed by atoms with van der Waals surface area (Å²) in [6.07, 6.45) is 0. The molecule has 2 rings (SSSR count). The lowest BCUT2D eigenvalue weighted by molar-refractivity contribution is -0.0168. The van der Waals surface area contributed by atoms with Crippen LogP contribution in [0.1, 0.15) is 62.1 Å². The molecule has 0 aliphatic heterocycles. The van der Waals surface area contributed by atoms with Gasteiger partial charge in [0.15, 0.2) is 0 Å². The van der Waals surface area contributed by atoms with Crippen molar-refractivity contribution in [2.75, 3.05) is 6.79 Å². The van der Waals surface area contributed by atoms with E-state index in [0.717, 1.165) is 36.4 Å². The number of aromatic carboxylic acids is 4. The molecule has 2 aromatic rings. The minimum atomic E-state index is -1.59. The van der Waals surface area contributed by atoms with Gasteiger partial charge in [0.05, 0.1) is 33.4 Å². The molecule has 160 valence electrons. The van der Waals surface area contributed by atoms with Crippen LogP contribution in [0.4, 0.5) is 0 Å². The minimum absolute atomic E-state index is 0.322. The molecule has 0 radical (unpaired) electrons. The molecular weight excluding hydrogens is 420 g/mol. The lowest BCUT2D eigenvalue weighted by atomic mass is 10.0. The van der Waals surface area contributed by atoms with Crippen LogP contribution in [0.5, 0.6) is 0 Å². The fourth-order valence-corrected chi connectivity index (χ4v) is 2.37. The quantitative estimate of drug-likeness (QED) is 0.346. The number of carboxylic acid groups (broad SMARTS) is 4. The van der Waals surface area contributed by atoms with Crippen molar-refractivity contribution >= 4 is 35.8 Å². The van der Waals surface area contributed by atoms with E-state index in [1.807, 2.05) is 0 Å². The molecule has 0 spiro atoms.